The first-order valence-corrected chi connectivity index (χ1v) is 7.06. The molecule has 1 saturated heterocycles. The minimum atomic E-state index is 0.585. The van der Waals surface area contributed by atoms with Gasteiger partial charge in [-0.05, 0) is 31.6 Å². The van der Waals surface area contributed by atoms with Crippen molar-refractivity contribution in [1.29, 1.82) is 0 Å². The maximum Gasteiger partial charge on any atom is 0.169 e. The van der Waals surface area contributed by atoms with E-state index in [0.29, 0.717) is 5.82 Å². The average Bonchev–Trinajstić information content (AvgIpc) is 2.76. The maximum absolute atomic E-state index is 5.76. The second kappa shape index (κ2) is 6.73. The van der Waals surface area contributed by atoms with Gasteiger partial charge in [-0.15, -0.1) is 5.10 Å². The monoisotopic (exact) mass is 252 g/mol. The van der Waals surface area contributed by atoms with Crippen molar-refractivity contribution in [1.82, 2.24) is 15.0 Å². The number of hydrogen-bond acceptors (Lipinski definition) is 4. The molecule has 1 aliphatic heterocycles. The van der Waals surface area contributed by atoms with Crippen LogP contribution in [0.2, 0.25) is 0 Å². The molecule has 102 valence electrons. The fraction of sp³-hybridized carbons (Fsp3) is 0.846. The van der Waals surface area contributed by atoms with Crippen LogP contribution in [0.25, 0.3) is 0 Å². The quantitative estimate of drug-likeness (QED) is 0.787. The third-order valence-electron chi connectivity index (χ3n) is 3.78. The Balaban J connectivity index is 1.68. The molecule has 0 aliphatic carbocycles. The number of unbranched alkanes of at least 4 members (excludes halogenated alkanes) is 1. The molecule has 0 radical (unpaired) electrons. The van der Waals surface area contributed by atoms with Crippen molar-refractivity contribution in [3.63, 3.8) is 0 Å². The van der Waals surface area contributed by atoms with E-state index in [0.717, 1.165) is 44.2 Å². The molecule has 2 rings (SSSR count). The lowest BCUT2D eigenvalue weighted by Crippen LogP contribution is -2.15. The standard InChI is InChI=1S/C13H24N4O/c1-2-12-13(14)15-16-17(12)8-4-3-5-11-6-9-18-10-7-11/h11H,2-10,14H2,1H3. The van der Waals surface area contributed by atoms with Crippen LogP contribution in [0.4, 0.5) is 5.82 Å². The predicted octanol–water partition coefficient (Wildman–Crippen LogP) is 2.02. The molecular weight excluding hydrogens is 228 g/mol. The highest BCUT2D eigenvalue weighted by molar-refractivity contribution is 5.32. The number of nitrogens with two attached hydrogens (primary N) is 1. The van der Waals surface area contributed by atoms with Gasteiger partial charge in [0.2, 0.25) is 0 Å². The van der Waals surface area contributed by atoms with E-state index in [-0.39, 0.29) is 0 Å². The van der Waals surface area contributed by atoms with E-state index >= 15 is 0 Å². The Kier molecular flexibility index (Phi) is 4.99. The number of aromatic nitrogens is 3. The second-order valence-corrected chi connectivity index (χ2v) is 5.05. The van der Waals surface area contributed by atoms with Crippen LogP contribution in [0, 0.1) is 5.92 Å². The average molecular weight is 252 g/mol. The Bertz CT molecular complexity index is 358. The summed E-state index contributed by atoms with van der Waals surface area (Å²) >= 11 is 0. The Hall–Kier alpha value is -1.10. The number of rotatable bonds is 6. The van der Waals surface area contributed by atoms with E-state index < -0.39 is 0 Å². The SMILES string of the molecule is CCc1c(N)nnn1CCCCC1CCOCC1. The summed E-state index contributed by atoms with van der Waals surface area (Å²) in [6.45, 7) is 4.93. The topological polar surface area (TPSA) is 66.0 Å². The van der Waals surface area contributed by atoms with Gasteiger partial charge in [-0.2, -0.15) is 0 Å². The van der Waals surface area contributed by atoms with Crippen molar-refractivity contribution in [3.05, 3.63) is 5.69 Å². The molecule has 0 bridgehead atoms. The van der Waals surface area contributed by atoms with E-state index in [1.165, 1.54) is 25.7 Å². The number of aryl methyl sites for hydroxylation is 1. The molecule has 0 spiro atoms. The molecule has 5 nitrogen and oxygen atoms in total. The van der Waals surface area contributed by atoms with Crippen molar-refractivity contribution in [2.24, 2.45) is 5.92 Å². The van der Waals surface area contributed by atoms with Crippen LogP contribution in [0.3, 0.4) is 0 Å². The molecular formula is C13H24N4O. The minimum absolute atomic E-state index is 0.585. The Labute approximate surface area is 109 Å². The number of hydrogen-bond donors (Lipinski definition) is 1. The zero-order valence-electron chi connectivity index (χ0n) is 11.3. The van der Waals surface area contributed by atoms with Crippen molar-refractivity contribution in [2.75, 3.05) is 18.9 Å². The lowest BCUT2D eigenvalue weighted by molar-refractivity contribution is 0.0630. The first-order valence-electron chi connectivity index (χ1n) is 7.06. The molecule has 0 aromatic carbocycles. The van der Waals surface area contributed by atoms with E-state index in [4.69, 9.17) is 10.5 Å². The number of nitrogens with zero attached hydrogens (tertiary/aromatic N) is 3. The highest BCUT2D eigenvalue weighted by atomic mass is 16.5. The van der Waals surface area contributed by atoms with Gasteiger partial charge in [-0.25, -0.2) is 4.68 Å². The van der Waals surface area contributed by atoms with Crippen molar-refractivity contribution in [2.45, 2.75) is 52.0 Å². The van der Waals surface area contributed by atoms with Crippen LogP contribution in [0.5, 0.6) is 0 Å². The third kappa shape index (κ3) is 3.45. The van der Waals surface area contributed by atoms with Gasteiger partial charge in [0.1, 0.15) is 0 Å². The van der Waals surface area contributed by atoms with Gasteiger partial charge < -0.3 is 10.5 Å². The molecule has 1 aliphatic rings. The molecule has 0 amide bonds. The zero-order chi connectivity index (χ0) is 12.8. The molecule has 5 heteroatoms. The molecule has 2 heterocycles. The third-order valence-corrected chi connectivity index (χ3v) is 3.78. The highest BCUT2D eigenvalue weighted by Crippen LogP contribution is 2.21. The van der Waals surface area contributed by atoms with E-state index in [9.17, 15) is 0 Å². The van der Waals surface area contributed by atoms with Crippen molar-refractivity contribution >= 4 is 5.82 Å². The number of anilines is 1. The van der Waals surface area contributed by atoms with E-state index in [1.807, 2.05) is 4.68 Å². The second-order valence-electron chi connectivity index (χ2n) is 5.05. The molecule has 1 aromatic heterocycles. The van der Waals surface area contributed by atoms with Crippen LogP contribution in [0.1, 0.15) is 44.7 Å². The maximum atomic E-state index is 5.76. The Morgan fingerprint density at radius 3 is 2.83 bits per heavy atom. The molecule has 1 aromatic rings. The summed E-state index contributed by atoms with van der Waals surface area (Å²) in [5, 5.41) is 8.02. The largest absolute Gasteiger partial charge is 0.381 e. The Morgan fingerprint density at radius 2 is 2.11 bits per heavy atom. The number of nitrogen functional groups attached to an aromatic ring is 1. The summed E-state index contributed by atoms with van der Waals surface area (Å²) < 4.78 is 7.33. The summed E-state index contributed by atoms with van der Waals surface area (Å²) in [6.07, 6.45) is 7.10. The molecule has 0 saturated carbocycles. The van der Waals surface area contributed by atoms with Gasteiger partial charge in [0.15, 0.2) is 5.82 Å². The van der Waals surface area contributed by atoms with Gasteiger partial charge in [-0.3, -0.25) is 0 Å². The van der Waals surface area contributed by atoms with Crippen LogP contribution >= 0.6 is 0 Å². The molecule has 0 atom stereocenters. The highest BCUT2D eigenvalue weighted by Gasteiger charge is 2.13. The van der Waals surface area contributed by atoms with Crippen LogP contribution in [-0.4, -0.2) is 28.2 Å². The molecule has 1 fully saturated rings. The summed E-state index contributed by atoms with van der Waals surface area (Å²) in [6, 6.07) is 0. The lowest BCUT2D eigenvalue weighted by atomic mass is 9.94. The number of ether oxygens (including phenoxy) is 1. The van der Waals surface area contributed by atoms with Crippen LogP contribution in [-0.2, 0) is 17.7 Å². The summed E-state index contributed by atoms with van der Waals surface area (Å²) in [4.78, 5) is 0. The van der Waals surface area contributed by atoms with Crippen molar-refractivity contribution in [3.8, 4) is 0 Å². The summed E-state index contributed by atoms with van der Waals surface area (Å²) in [7, 11) is 0. The fourth-order valence-electron chi connectivity index (χ4n) is 2.62. The van der Waals surface area contributed by atoms with Crippen LogP contribution < -0.4 is 5.73 Å². The molecule has 18 heavy (non-hydrogen) atoms. The van der Waals surface area contributed by atoms with E-state index in [2.05, 4.69) is 17.2 Å². The fourth-order valence-corrected chi connectivity index (χ4v) is 2.62. The van der Waals surface area contributed by atoms with Crippen molar-refractivity contribution < 1.29 is 4.74 Å². The van der Waals surface area contributed by atoms with Crippen LogP contribution in [0.15, 0.2) is 0 Å². The molecule has 0 unspecified atom stereocenters. The molecule has 2 N–H and O–H groups in total. The van der Waals surface area contributed by atoms with Gasteiger partial charge >= 0.3 is 0 Å². The normalized spacial score (nSPS) is 17.2. The Morgan fingerprint density at radius 1 is 1.33 bits per heavy atom. The first-order chi connectivity index (χ1) is 8.81. The zero-order valence-corrected chi connectivity index (χ0v) is 11.3. The first kappa shape index (κ1) is 13.3. The van der Waals surface area contributed by atoms with E-state index in [1.54, 1.807) is 0 Å². The smallest absolute Gasteiger partial charge is 0.169 e. The van der Waals surface area contributed by atoms with Gasteiger partial charge in [0, 0.05) is 19.8 Å². The lowest BCUT2D eigenvalue weighted by Gasteiger charge is -2.21. The summed E-state index contributed by atoms with van der Waals surface area (Å²) in [5.74, 6) is 1.45. The van der Waals surface area contributed by atoms with Gasteiger partial charge in [0.05, 0.1) is 5.69 Å². The van der Waals surface area contributed by atoms with Gasteiger partial charge in [0.25, 0.3) is 0 Å². The minimum Gasteiger partial charge on any atom is -0.381 e. The summed E-state index contributed by atoms with van der Waals surface area (Å²) in [5.41, 5.74) is 6.84. The predicted molar refractivity (Wildman–Crippen MR) is 71.2 cm³/mol. The van der Waals surface area contributed by atoms with Gasteiger partial charge in [-0.1, -0.05) is 25.0 Å².